The van der Waals surface area contributed by atoms with Gasteiger partial charge in [0.25, 0.3) is 0 Å². The van der Waals surface area contributed by atoms with Gasteiger partial charge in [-0.1, -0.05) is 234 Å². The lowest BCUT2D eigenvalue weighted by atomic mass is 10.1. The summed E-state index contributed by atoms with van der Waals surface area (Å²) >= 11 is 0. The van der Waals surface area contributed by atoms with Crippen LogP contribution in [0, 0.1) is 0 Å². The smallest absolute Gasteiger partial charge is 0.306 e. The van der Waals surface area contributed by atoms with Gasteiger partial charge in [-0.2, -0.15) is 0 Å². The van der Waals surface area contributed by atoms with Gasteiger partial charge in [-0.3, -0.25) is 14.4 Å². The third kappa shape index (κ3) is 57.4. The second kappa shape index (κ2) is 59.2. The molecule has 0 spiro atoms. The van der Waals surface area contributed by atoms with E-state index in [0.29, 0.717) is 19.3 Å². The lowest BCUT2D eigenvalue weighted by Gasteiger charge is -2.18. The van der Waals surface area contributed by atoms with Crippen LogP contribution in [0.15, 0.2) is 85.1 Å². The number of hydrogen-bond acceptors (Lipinski definition) is 6. The molecule has 0 fully saturated rings. The Labute approximate surface area is 439 Å². The minimum atomic E-state index is -0.795. The van der Waals surface area contributed by atoms with E-state index in [1.165, 1.54) is 148 Å². The van der Waals surface area contributed by atoms with Gasteiger partial charge in [-0.05, 0) is 122 Å². The van der Waals surface area contributed by atoms with Crippen LogP contribution in [-0.4, -0.2) is 37.2 Å². The van der Waals surface area contributed by atoms with E-state index in [1.807, 2.05) is 0 Å². The summed E-state index contributed by atoms with van der Waals surface area (Å²) in [7, 11) is 0. The van der Waals surface area contributed by atoms with E-state index in [-0.39, 0.29) is 31.1 Å². The molecule has 0 aliphatic heterocycles. The van der Waals surface area contributed by atoms with Crippen LogP contribution in [0.2, 0.25) is 0 Å². The van der Waals surface area contributed by atoms with Crippen LogP contribution in [0.4, 0.5) is 0 Å². The zero-order valence-electron chi connectivity index (χ0n) is 46.7. The third-order valence-corrected chi connectivity index (χ3v) is 12.8. The van der Waals surface area contributed by atoms with Gasteiger partial charge in [0.15, 0.2) is 6.10 Å². The maximum Gasteiger partial charge on any atom is 0.306 e. The van der Waals surface area contributed by atoms with Crippen LogP contribution in [0.3, 0.4) is 0 Å². The summed E-state index contributed by atoms with van der Waals surface area (Å²) in [5.74, 6) is -0.916. The summed E-state index contributed by atoms with van der Waals surface area (Å²) in [6.07, 6.45) is 77.1. The average molecular weight is 990 g/mol. The number of allylic oxidation sites excluding steroid dienone is 14. The highest BCUT2D eigenvalue weighted by Crippen LogP contribution is 2.15. The van der Waals surface area contributed by atoms with Crippen molar-refractivity contribution >= 4 is 17.9 Å². The lowest BCUT2D eigenvalue weighted by molar-refractivity contribution is -0.167. The van der Waals surface area contributed by atoms with Gasteiger partial charge in [0.2, 0.25) is 0 Å². The van der Waals surface area contributed by atoms with Crippen molar-refractivity contribution in [2.45, 2.75) is 297 Å². The lowest BCUT2D eigenvalue weighted by Crippen LogP contribution is -2.30. The van der Waals surface area contributed by atoms with Crippen LogP contribution in [0.25, 0.3) is 0 Å². The Morgan fingerprint density at radius 3 is 0.789 bits per heavy atom. The average Bonchev–Trinajstić information content (AvgIpc) is 3.37. The zero-order chi connectivity index (χ0) is 51.4. The van der Waals surface area contributed by atoms with Gasteiger partial charge < -0.3 is 14.2 Å². The topological polar surface area (TPSA) is 78.9 Å². The number of esters is 3. The molecule has 0 saturated heterocycles. The Morgan fingerprint density at radius 1 is 0.282 bits per heavy atom. The van der Waals surface area contributed by atoms with Crippen molar-refractivity contribution in [2.24, 2.45) is 0 Å². The van der Waals surface area contributed by atoms with Gasteiger partial charge in [0, 0.05) is 19.3 Å². The molecule has 0 saturated carbocycles. The predicted molar refractivity (Wildman–Crippen MR) is 307 cm³/mol. The highest BCUT2D eigenvalue weighted by Gasteiger charge is 2.19. The minimum absolute atomic E-state index is 0.0902. The van der Waals surface area contributed by atoms with Crippen molar-refractivity contribution in [3.05, 3.63) is 85.1 Å². The SMILES string of the molecule is CCCCC/C=C\C/C=C\C/C=C\CCCCCCC(=O)O[C@H](COC(=O)CCCCCCCCC/C=C\C/C=C\CCCCC)COC(=O)CCCCCCCCCCC/C=C\C/C=C\CCCCC. The van der Waals surface area contributed by atoms with Crippen molar-refractivity contribution < 1.29 is 28.6 Å². The first-order chi connectivity index (χ1) is 35.0. The molecule has 0 rings (SSSR count). The first-order valence-corrected chi connectivity index (χ1v) is 30.1. The number of rotatable bonds is 54. The van der Waals surface area contributed by atoms with Crippen LogP contribution >= 0.6 is 0 Å². The standard InChI is InChI=1S/C65H112O6/c1-4-7-10-13-16-19-22-25-28-31-32-35-37-40-43-46-49-52-55-58-64(67)70-61-62(71-65(68)59-56-53-50-47-44-41-38-34-30-27-24-21-18-15-12-9-6-3)60-69-63(66)57-54-51-48-45-42-39-36-33-29-26-23-20-17-14-11-8-5-2/h16-21,25-30,38,41,62H,4-15,22-24,31-37,39-40,42-61H2,1-3H3/b19-16-,20-17-,21-18-,28-25-,29-26-,30-27-,41-38-/t62-/m1/s1. The molecule has 0 bridgehead atoms. The summed E-state index contributed by atoms with van der Waals surface area (Å²) in [6, 6.07) is 0. The van der Waals surface area contributed by atoms with Crippen LogP contribution in [-0.2, 0) is 28.6 Å². The maximum absolute atomic E-state index is 12.9. The Kier molecular flexibility index (Phi) is 56.3. The van der Waals surface area contributed by atoms with Crippen LogP contribution < -0.4 is 0 Å². The largest absolute Gasteiger partial charge is 0.462 e. The first-order valence-electron chi connectivity index (χ1n) is 30.1. The van der Waals surface area contributed by atoms with Crippen molar-refractivity contribution in [2.75, 3.05) is 13.2 Å². The summed E-state index contributed by atoms with van der Waals surface area (Å²) in [5, 5.41) is 0. The van der Waals surface area contributed by atoms with E-state index < -0.39 is 6.10 Å². The molecule has 0 aliphatic rings. The summed E-state index contributed by atoms with van der Waals surface area (Å²) in [6.45, 7) is 6.55. The third-order valence-electron chi connectivity index (χ3n) is 12.8. The van der Waals surface area contributed by atoms with Gasteiger partial charge in [-0.15, -0.1) is 0 Å². The molecular formula is C65H112O6. The highest BCUT2D eigenvalue weighted by atomic mass is 16.6. The molecular weight excluding hydrogens is 877 g/mol. The maximum atomic E-state index is 12.9. The Balaban J connectivity index is 4.43. The molecule has 0 aromatic rings. The minimum Gasteiger partial charge on any atom is -0.462 e. The van der Waals surface area contributed by atoms with E-state index in [1.54, 1.807) is 0 Å². The summed E-state index contributed by atoms with van der Waals surface area (Å²) in [5.41, 5.74) is 0. The molecule has 0 aliphatic carbocycles. The Hall–Kier alpha value is -3.41. The summed E-state index contributed by atoms with van der Waals surface area (Å²) in [4.78, 5) is 38.2. The fourth-order valence-electron chi connectivity index (χ4n) is 8.27. The molecule has 408 valence electrons. The molecule has 0 amide bonds. The van der Waals surface area contributed by atoms with Crippen molar-refractivity contribution in [3.8, 4) is 0 Å². The second-order valence-corrected chi connectivity index (χ2v) is 19.9. The molecule has 71 heavy (non-hydrogen) atoms. The number of unbranched alkanes of at least 4 members (excludes halogenated alkanes) is 29. The van der Waals surface area contributed by atoms with Gasteiger partial charge in [0.05, 0.1) is 0 Å². The van der Waals surface area contributed by atoms with Crippen molar-refractivity contribution in [1.29, 1.82) is 0 Å². The molecule has 0 aromatic carbocycles. The van der Waals surface area contributed by atoms with E-state index in [9.17, 15) is 14.4 Å². The normalized spacial score (nSPS) is 12.7. The molecule has 6 heteroatoms. The second-order valence-electron chi connectivity index (χ2n) is 19.9. The fourth-order valence-corrected chi connectivity index (χ4v) is 8.27. The monoisotopic (exact) mass is 989 g/mol. The molecule has 0 N–H and O–H groups in total. The quantitative estimate of drug-likeness (QED) is 0.0261. The molecule has 0 unspecified atom stereocenters. The number of carbonyl (C=O) groups is 3. The first kappa shape index (κ1) is 67.6. The van der Waals surface area contributed by atoms with E-state index in [2.05, 4.69) is 106 Å². The highest BCUT2D eigenvalue weighted by molar-refractivity contribution is 5.71. The van der Waals surface area contributed by atoms with Gasteiger partial charge in [-0.25, -0.2) is 0 Å². The van der Waals surface area contributed by atoms with Crippen molar-refractivity contribution in [3.63, 3.8) is 0 Å². The zero-order valence-corrected chi connectivity index (χ0v) is 46.7. The number of hydrogen-bond donors (Lipinski definition) is 0. The summed E-state index contributed by atoms with van der Waals surface area (Å²) < 4.78 is 16.9. The van der Waals surface area contributed by atoms with Gasteiger partial charge in [0.1, 0.15) is 13.2 Å². The van der Waals surface area contributed by atoms with E-state index in [0.717, 1.165) is 103 Å². The molecule has 0 radical (unpaired) electrons. The molecule has 0 heterocycles. The fraction of sp³-hybridized carbons (Fsp3) is 0.738. The Morgan fingerprint density at radius 2 is 0.507 bits per heavy atom. The Bertz CT molecular complexity index is 1370. The van der Waals surface area contributed by atoms with E-state index in [4.69, 9.17) is 14.2 Å². The number of carbonyl (C=O) groups excluding carboxylic acids is 3. The van der Waals surface area contributed by atoms with E-state index >= 15 is 0 Å². The number of ether oxygens (including phenoxy) is 3. The molecule has 0 aromatic heterocycles. The predicted octanol–water partition coefficient (Wildman–Crippen LogP) is 20.3. The molecule has 1 atom stereocenters. The van der Waals surface area contributed by atoms with Gasteiger partial charge >= 0.3 is 17.9 Å². The van der Waals surface area contributed by atoms with Crippen LogP contribution in [0.1, 0.15) is 290 Å². The van der Waals surface area contributed by atoms with Crippen molar-refractivity contribution in [1.82, 2.24) is 0 Å². The molecule has 6 nitrogen and oxygen atoms in total. The van der Waals surface area contributed by atoms with Crippen LogP contribution in [0.5, 0.6) is 0 Å².